The Morgan fingerprint density at radius 3 is 2.37 bits per heavy atom. The Morgan fingerprint density at radius 1 is 1.10 bits per heavy atom. The van der Waals surface area contributed by atoms with E-state index < -0.39 is 0 Å². The number of aryl methyl sites for hydroxylation is 1. The van der Waals surface area contributed by atoms with Crippen molar-refractivity contribution in [3.8, 4) is 11.5 Å². The van der Waals surface area contributed by atoms with E-state index in [1.54, 1.807) is 7.05 Å². The molecule has 1 saturated carbocycles. The van der Waals surface area contributed by atoms with Crippen molar-refractivity contribution < 1.29 is 18.8 Å². The molecule has 2 aromatic rings. The monoisotopic (exact) mass is 410 g/mol. The van der Waals surface area contributed by atoms with E-state index in [4.69, 9.17) is 4.42 Å². The van der Waals surface area contributed by atoms with Gasteiger partial charge in [-0.25, -0.2) is 0 Å². The van der Waals surface area contributed by atoms with Gasteiger partial charge in [0, 0.05) is 25.6 Å². The number of fused-ring (bicyclic) bond motifs is 1. The second kappa shape index (κ2) is 8.38. The third kappa shape index (κ3) is 3.99. The van der Waals surface area contributed by atoms with Crippen LogP contribution in [0.2, 0.25) is 0 Å². The predicted molar refractivity (Wildman–Crippen MR) is 108 cm³/mol. The van der Waals surface area contributed by atoms with Gasteiger partial charge >= 0.3 is 0 Å². The predicted octanol–water partition coefficient (Wildman–Crippen LogP) is 2.57. The molecule has 8 nitrogen and oxygen atoms in total. The van der Waals surface area contributed by atoms with E-state index >= 15 is 0 Å². The van der Waals surface area contributed by atoms with Crippen molar-refractivity contribution in [1.82, 2.24) is 20.0 Å². The third-order valence-corrected chi connectivity index (χ3v) is 6.05. The molecular weight excluding hydrogens is 384 g/mol. The highest BCUT2D eigenvalue weighted by atomic mass is 16.4. The fraction of sp³-hybridized carbons (Fsp3) is 0.500. The minimum absolute atomic E-state index is 0.0897. The maximum absolute atomic E-state index is 12.5. The molecule has 0 unspecified atom stereocenters. The Labute approximate surface area is 175 Å². The average molecular weight is 410 g/mol. The van der Waals surface area contributed by atoms with Gasteiger partial charge in [0.05, 0.1) is 18.4 Å². The molecule has 1 aliphatic carbocycles. The maximum atomic E-state index is 12.5. The van der Waals surface area contributed by atoms with Crippen LogP contribution in [0, 0.1) is 18.8 Å². The van der Waals surface area contributed by atoms with Crippen molar-refractivity contribution in [2.24, 2.45) is 11.8 Å². The molecular formula is C22H26N4O4. The Morgan fingerprint density at radius 2 is 1.73 bits per heavy atom. The molecule has 1 aromatic heterocycles. The summed E-state index contributed by atoms with van der Waals surface area (Å²) in [6.45, 7) is 2.30. The lowest BCUT2D eigenvalue weighted by atomic mass is 9.81. The Hall–Kier alpha value is -3.03. The number of nitrogens with zero attached hydrogens (tertiary/aromatic N) is 4. The topological polar surface area (TPSA) is 96.6 Å². The summed E-state index contributed by atoms with van der Waals surface area (Å²) in [5, 5.41) is 8.07. The number of carbonyl (C=O) groups is 3. The third-order valence-electron chi connectivity index (χ3n) is 6.05. The number of carbonyl (C=O) groups excluding carboxylic acids is 3. The summed E-state index contributed by atoms with van der Waals surface area (Å²) in [7, 11) is 1.64. The van der Waals surface area contributed by atoms with E-state index in [9.17, 15) is 14.4 Å². The number of benzene rings is 1. The molecule has 2 heterocycles. The van der Waals surface area contributed by atoms with Gasteiger partial charge in [0.1, 0.15) is 0 Å². The summed E-state index contributed by atoms with van der Waals surface area (Å²) in [6.07, 6.45) is 3.63. The Kier molecular flexibility index (Phi) is 5.65. The molecule has 30 heavy (non-hydrogen) atoms. The summed E-state index contributed by atoms with van der Waals surface area (Å²) in [4.78, 5) is 40.4. The summed E-state index contributed by atoms with van der Waals surface area (Å²) < 4.78 is 5.67. The number of imide groups is 1. The van der Waals surface area contributed by atoms with Crippen LogP contribution >= 0.6 is 0 Å². The molecule has 2 aliphatic rings. The van der Waals surface area contributed by atoms with E-state index in [0.29, 0.717) is 11.8 Å². The largest absolute Gasteiger partial charge is 0.419 e. The van der Waals surface area contributed by atoms with E-state index in [2.05, 4.69) is 10.2 Å². The van der Waals surface area contributed by atoms with Crippen molar-refractivity contribution in [3.05, 3.63) is 35.7 Å². The highest BCUT2D eigenvalue weighted by Gasteiger charge is 2.47. The lowest BCUT2D eigenvalue weighted by Gasteiger charge is -2.19. The van der Waals surface area contributed by atoms with Gasteiger partial charge in [-0.15, -0.1) is 10.2 Å². The first-order valence-corrected chi connectivity index (χ1v) is 10.4. The second-order valence-corrected chi connectivity index (χ2v) is 8.19. The molecule has 1 aromatic carbocycles. The van der Waals surface area contributed by atoms with Crippen molar-refractivity contribution in [1.29, 1.82) is 0 Å². The number of likely N-dealkylation sites (tertiary alicyclic amines) is 1. The summed E-state index contributed by atoms with van der Waals surface area (Å²) in [5.41, 5.74) is 1.96. The van der Waals surface area contributed by atoms with Crippen LogP contribution in [0.4, 0.5) is 0 Å². The molecule has 3 amide bonds. The zero-order valence-corrected chi connectivity index (χ0v) is 17.3. The van der Waals surface area contributed by atoms with Crippen LogP contribution in [0.1, 0.15) is 43.6 Å². The number of rotatable bonds is 6. The molecule has 8 heteroatoms. The number of hydrogen-bond acceptors (Lipinski definition) is 6. The molecule has 158 valence electrons. The number of aromatic nitrogens is 2. The van der Waals surface area contributed by atoms with Crippen LogP contribution in [0.3, 0.4) is 0 Å². The van der Waals surface area contributed by atoms with Gasteiger partial charge in [0.2, 0.25) is 29.5 Å². The number of hydrogen-bond donors (Lipinski definition) is 0. The van der Waals surface area contributed by atoms with Crippen LogP contribution in [0.5, 0.6) is 0 Å². The first-order valence-electron chi connectivity index (χ1n) is 10.4. The zero-order valence-electron chi connectivity index (χ0n) is 17.3. The van der Waals surface area contributed by atoms with Gasteiger partial charge in [-0.3, -0.25) is 19.3 Å². The maximum Gasteiger partial charge on any atom is 0.247 e. The van der Waals surface area contributed by atoms with Gasteiger partial charge in [-0.1, -0.05) is 30.5 Å². The smallest absolute Gasteiger partial charge is 0.247 e. The molecule has 1 aliphatic heterocycles. The first-order chi connectivity index (χ1) is 14.4. The molecule has 0 radical (unpaired) electrons. The van der Waals surface area contributed by atoms with E-state index in [-0.39, 0.29) is 49.1 Å². The summed E-state index contributed by atoms with van der Waals surface area (Å²) in [6, 6.07) is 7.74. The lowest BCUT2D eigenvalue weighted by Crippen LogP contribution is -2.36. The van der Waals surface area contributed by atoms with Gasteiger partial charge in [-0.2, -0.15) is 0 Å². The van der Waals surface area contributed by atoms with Gasteiger partial charge in [0.15, 0.2) is 0 Å². The van der Waals surface area contributed by atoms with Crippen molar-refractivity contribution in [3.63, 3.8) is 0 Å². The molecule has 0 spiro atoms. The van der Waals surface area contributed by atoms with Crippen LogP contribution in [-0.2, 0) is 20.9 Å². The minimum atomic E-state index is -0.183. The van der Waals surface area contributed by atoms with Crippen LogP contribution in [0.25, 0.3) is 11.5 Å². The summed E-state index contributed by atoms with van der Waals surface area (Å²) in [5.74, 6) is -0.0297. The zero-order chi connectivity index (χ0) is 21.3. The normalized spacial score (nSPS) is 21.1. The van der Waals surface area contributed by atoms with E-state index in [1.807, 2.05) is 31.2 Å². The fourth-order valence-electron chi connectivity index (χ4n) is 4.27. The highest BCUT2D eigenvalue weighted by molar-refractivity contribution is 6.05. The minimum Gasteiger partial charge on any atom is -0.419 e. The standard InChI is InChI=1S/C22H26N4O4/c1-14-7-9-15(10-8-14)20-24-23-18(30-20)13-25(2)19(27)11-12-26-21(28)16-5-3-4-6-17(16)22(26)29/h7-10,16-17H,3-6,11-13H2,1-2H3/t16-,17+. The van der Waals surface area contributed by atoms with E-state index in [1.165, 1.54) is 9.80 Å². The van der Waals surface area contributed by atoms with Crippen LogP contribution < -0.4 is 0 Å². The second-order valence-electron chi connectivity index (χ2n) is 8.19. The van der Waals surface area contributed by atoms with Crippen molar-refractivity contribution in [2.45, 2.75) is 45.6 Å². The number of amides is 3. The average Bonchev–Trinajstić information content (AvgIpc) is 3.30. The quantitative estimate of drug-likeness (QED) is 0.679. The fourth-order valence-corrected chi connectivity index (χ4v) is 4.27. The van der Waals surface area contributed by atoms with Gasteiger partial charge < -0.3 is 9.32 Å². The van der Waals surface area contributed by atoms with Gasteiger partial charge in [0.25, 0.3) is 0 Å². The first kappa shape index (κ1) is 20.3. The van der Waals surface area contributed by atoms with Crippen molar-refractivity contribution >= 4 is 17.7 Å². The van der Waals surface area contributed by atoms with Crippen LogP contribution in [0.15, 0.2) is 28.7 Å². The molecule has 0 N–H and O–H groups in total. The molecule has 0 bridgehead atoms. The van der Waals surface area contributed by atoms with Crippen LogP contribution in [-0.4, -0.2) is 51.3 Å². The van der Waals surface area contributed by atoms with E-state index in [0.717, 1.165) is 36.8 Å². The summed E-state index contributed by atoms with van der Waals surface area (Å²) >= 11 is 0. The highest BCUT2D eigenvalue weighted by Crippen LogP contribution is 2.38. The lowest BCUT2D eigenvalue weighted by molar-refractivity contribution is -0.140. The Balaban J connectivity index is 1.32. The SMILES string of the molecule is Cc1ccc(-c2nnc(CN(C)C(=O)CCN3C(=O)[C@H]4CCCC[C@H]4C3=O)o2)cc1. The molecule has 2 fully saturated rings. The van der Waals surface area contributed by atoms with Gasteiger partial charge in [-0.05, 0) is 31.9 Å². The molecule has 2 atom stereocenters. The molecule has 4 rings (SSSR count). The van der Waals surface area contributed by atoms with Crippen molar-refractivity contribution in [2.75, 3.05) is 13.6 Å². The Bertz CT molecular complexity index is 928. The molecule has 1 saturated heterocycles.